The van der Waals surface area contributed by atoms with Crippen LogP contribution in [0, 0.1) is 17.2 Å². The van der Waals surface area contributed by atoms with Gasteiger partial charge >= 0.3 is 0 Å². The first-order valence-electron chi connectivity index (χ1n) is 11.4. The van der Waals surface area contributed by atoms with Gasteiger partial charge in [0.15, 0.2) is 0 Å². The van der Waals surface area contributed by atoms with Crippen molar-refractivity contribution in [2.75, 3.05) is 38.5 Å². The Morgan fingerprint density at radius 2 is 1.85 bits per heavy atom. The van der Waals surface area contributed by atoms with Crippen LogP contribution in [0.15, 0.2) is 42.5 Å². The number of rotatable bonds is 7. The minimum atomic E-state index is -3.38. The van der Waals surface area contributed by atoms with E-state index in [9.17, 15) is 17.6 Å². The van der Waals surface area contributed by atoms with Gasteiger partial charge in [0, 0.05) is 25.7 Å². The number of likely N-dealkylation sites (tertiary alicyclic amines) is 1. The third-order valence-electron chi connectivity index (χ3n) is 6.67. The number of fused-ring (bicyclic) bond motifs is 1. The SMILES string of the molecule is N#C[C@@H]1CN(C(=O)CNC2CCN(S(=O)(=O)CCc3cccc4ccccc34)CC2)C[C@@H]1F. The summed E-state index contributed by atoms with van der Waals surface area (Å²) in [6.45, 7) is 0.994. The first kappa shape index (κ1) is 23.6. The number of piperidine rings is 1. The molecule has 0 saturated carbocycles. The van der Waals surface area contributed by atoms with E-state index in [1.165, 1.54) is 4.90 Å². The Morgan fingerprint density at radius 3 is 2.58 bits per heavy atom. The predicted octanol–water partition coefficient (Wildman–Crippen LogP) is 2.09. The number of sulfonamides is 1. The van der Waals surface area contributed by atoms with Gasteiger partial charge in [0.2, 0.25) is 15.9 Å². The summed E-state index contributed by atoms with van der Waals surface area (Å²) in [7, 11) is -3.38. The summed E-state index contributed by atoms with van der Waals surface area (Å²) < 4.78 is 41.1. The van der Waals surface area contributed by atoms with Crippen molar-refractivity contribution >= 4 is 26.7 Å². The van der Waals surface area contributed by atoms with E-state index in [0.717, 1.165) is 16.3 Å². The molecular formula is C24H29FN4O3S. The van der Waals surface area contributed by atoms with E-state index in [-0.39, 0.29) is 37.3 Å². The van der Waals surface area contributed by atoms with Gasteiger partial charge < -0.3 is 10.2 Å². The average molecular weight is 473 g/mol. The molecule has 2 aromatic carbocycles. The molecule has 0 unspecified atom stereocenters. The van der Waals surface area contributed by atoms with Crippen molar-refractivity contribution in [1.82, 2.24) is 14.5 Å². The zero-order valence-electron chi connectivity index (χ0n) is 18.5. The molecule has 2 heterocycles. The molecule has 7 nitrogen and oxygen atoms in total. The number of nitrogens with one attached hydrogen (secondary N) is 1. The van der Waals surface area contributed by atoms with E-state index in [1.807, 2.05) is 48.5 Å². The molecule has 33 heavy (non-hydrogen) atoms. The Hall–Kier alpha value is -2.54. The Morgan fingerprint density at radius 1 is 1.12 bits per heavy atom. The van der Waals surface area contributed by atoms with Crippen LogP contribution in [-0.4, -0.2) is 74.2 Å². The van der Waals surface area contributed by atoms with E-state index in [1.54, 1.807) is 4.31 Å². The fourth-order valence-electron chi connectivity index (χ4n) is 4.65. The topological polar surface area (TPSA) is 93.5 Å². The molecule has 9 heteroatoms. The molecule has 1 N–H and O–H groups in total. The molecule has 2 saturated heterocycles. The summed E-state index contributed by atoms with van der Waals surface area (Å²) in [4.78, 5) is 13.7. The number of benzene rings is 2. The zero-order valence-corrected chi connectivity index (χ0v) is 19.3. The fourth-order valence-corrected chi connectivity index (χ4v) is 6.15. The van der Waals surface area contributed by atoms with E-state index in [4.69, 9.17) is 5.26 Å². The Bertz CT molecular complexity index is 1140. The van der Waals surface area contributed by atoms with E-state index >= 15 is 0 Å². The van der Waals surface area contributed by atoms with Gasteiger partial charge in [-0.1, -0.05) is 42.5 Å². The minimum absolute atomic E-state index is 0.0356. The highest BCUT2D eigenvalue weighted by Crippen LogP contribution is 2.22. The van der Waals surface area contributed by atoms with Crippen molar-refractivity contribution in [3.63, 3.8) is 0 Å². The molecule has 0 aliphatic carbocycles. The number of hydrogen-bond donors (Lipinski definition) is 1. The van der Waals surface area contributed by atoms with Crippen molar-refractivity contribution in [1.29, 1.82) is 5.26 Å². The normalized spacial score (nSPS) is 22.5. The number of nitrogens with zero attached hydrogens (tertiary/aromatic N) is 3. The van der Waals surface area contributed by atoms with E-state index in [0.29, 0.717) is 32.4 Å². The smallest absolute Gasteiger partial charge is 0.236 e. The van der Waals surface area contributed by atoms with Crippen LogP contribution in [0.3, 0.4) is 0 Å². The molecule has 0 bridgehead atoms. The third kappa shape index (κ3) is 5.52. The molecule has 176 valence electrons. The quantitative estimate of drug-likeness (QED) is 0.666. The lowest BCUT2D eigenvalue weighted by Gasteiger charge is -2.32. The Balaban J connectivity index is 1.24. The van der Waals surface area contributed by atoms with Gasteiger partial charge in [-0.2, -0.15) is 5.26 Å². The number of hydrogen-bond acceptors (Lipinski definition) is 5. The maximum absolute atomic E-state index is 13.7. The summed E-state index contributed by atoms with van der Waals surface area (Å²) >= 11 is 0. The summed E-state index contributed by atoms with van der Waals surface area (Å²) in [6, 6.07) is 15.9. The van der Waals surface area contributed by atoms with Gasteiger partial charge in [-0.25, -0.2) is 17.1 Å². The number of carbonyl (C=O) groups excluding carboxylic acids is 1. The first-order valence-corrected chi connectivity index (χ1v) is 13.0. The van der Waals surface area contributed by atoms with Gasteiger partial charge in [-0.05, 0) is 35.6 Å². The van der Waals surface area contributed by atoms with Gasteiger partial charge in [0.25, 0.3) is 0 Å². The van der Waals surface area contributed by atoms with Crippen molar-refractivity contribution in [2.45, 2.75) is 31.5 Å². The number of amides is 1. The second-order valence-electron chi connectivity index (χ2n) is 8.81. The molecule has 2 atom stereocenters. The van der Waals surface area contributed by atoms with Crippen LogP contribution in [0.25, 0.3) is 10.8 Å². The molecule has 1 amide bonds. The maximum Gasteiger partial charge on any atom is 0.236 e. The van der Waals surface area contributed by atoms with Gasteiger partial charge in [0.05, 0.1) is 30.8 Å². The fraction of sp³-hybridized carbons (Fsp3) is 0.500. The van der Waals surface area contributed by atoms with E-state index < -0.39 is 22.1 Å². The maximum atomic E-state index is 13.7. The second kappa shape index (κ2) is 10.2. The molecule has 4 rings (SSSR count). The average Bonchev–Trinajstić information content (AvgIpc) is 3.22. The zero-order chi connectivity index (χ0) is 23.4. The first-order chi connectivity index (χ1) is 15.9. The van der Waals surface area contributed by atoms with Crippen LogP contribution in [0.1, 0.15) is 18.4 Å². The minimum Gasteiger partial charge on any atom is -0.337 e. The largest absolute Gasteiger partial charge is 0.337 e. The molecule has 0 spiro atoms. The van der Waals surface area contributed by atoms with Gasteiger partial charge in [0.1, 0.15) is 6.17 Å². The van der Waals surface area contributed by atoms with Gasteiger partial charge in [-0.15, -0.1) is 0 Å². The third-order valence-corrected chi connectivity index (χ3v) is 8.54. The molecule has 0 radical (unpaired) electrons. The lowest BCUT2D eigenvalue weighted by molar-refractivity contribution is -0.129. The Labute approximate surface area is 194 Å². The van der Waals surface area contributed by atoms with Crippen molar-refractivity contribution < 1.29 is 17.6 Å². The van der Waals surface area contributed by atoms with Crippen LogP contribution in [0.2, 0.25) is 0 Å². The lowest BCUT2D eigenvalue weighted by atomic mass is 10.0. The van der Waals surface area contributed by atoms with Crippen LogP contribution < -0.4 is 5.32 Å². The van der Waals surface area contributed by atoms with Gasteiger partial charge in [-0.3, -0.25) is 4.79 Å². The molecule has 2 fully saturated rings. The predicted molar refractivity (Wildman–Crippen MR) is 125 cm³/mol. The number of alkyl halides is 1. The van der Waals surface area contributed by atoms with Crippen molar-refractivity contribution in [3.05, 3.63) is 48.0 Å². The number of nitriles is 1. The highest BCUT2D eigenvalue weighted by atomic mass is 32.2. The summed E-state index contributed by atoms with van der Waals surface area (Å²) in [5.41, 5.74) is 1.03. The lowest BCUT2D eigenvalue weighted by Crippen LogP contribution is -2.48. The molecule has 0 aromatic heterocycles. The monoisotopic (exact) mass is 472 g/mol. The van der Waals surface area contributed by atoms with Crippen molar-refractivity contribution in [2.24, 2.45) is 5.92 Å². The standard InChI is InChI=1S/C24H29FN4O3S/c25-23-17-28(16-20(23)14-26)24(30)15-27-21-8-11-29(12-9-21)33(31,32)13-10-19-6-3-5-18-4-1-2-7-22(18)19/h1-7,20-21,23,27H,8-13,15-17H2/t20-,23+/m1/s1. The molecule has 2 aromatic rings. The van der Waals surface area contributed by atoms with Crippen molar-refractivity contribution in [3.8, 4) is 6.07 Å². The number of aryl methyl sites for hydroxylation is 1. The molecule has 2 aliphatic heterocycles. The number of carbonyl (C=O) groups is 1. The Kier molecular flexibility index (Phi) is 7.27. The highest BCUT2D eigenvalue weighted by molar-refractivity contribution is 7.89. The highest BCUT2D eigenvalue weighted by Gasteiger charge is 2.35. The summed E-state index contributed by atoms with van der Waals surface area (Å²) in [5.74, 6) is -0.909. The summed E-state index contributed by atoms with van der Waals surface area (Å²) in [5, 5.41) is 14.3. The van der Waals surface area contributed by atoms with Crippen LogP contribution in [0.5, 0.6) is 0 Å². The van der Waals surface area contributed by atoms with E-state index in [2.05, 4.69) is 5.32 Å². The second-order valence-corrected chi connectivity index (χ2v) is 10.9. The molecular weight excluding hydrogens is 443 g/mol. The summed E-state index contributed by atoms with van der Waals surface area (Å²) in [6.07, 6.45) is 0.410. The number of halogens is 1. The van der Waals surface area contributed by atoms with Crippen LogP contribution >= 0.6 is 0 Å². The van der Waals surface area contributed by atoms with Crippen LogP contribution in [-0.2, 0) is 21.2 Å². The van der Waals surface area contributed by atoms with Crippen LogP contribution in [0.4, 0.5) is 4.39 Å². The molecule has 2 aliphatic rings.